The van der Waals surface area contributed by atoms with Gasteiger partial charge in [-0.3, -0.25) is 0 Å². The average molecular weight is 150 g/mol. The van der Waals surface area contributed by atoms with Crippen molar-refractivity contribution in [1.29, 1.82) is 0 Å². The van der Waals surface area contributed by atoms with Gasteiger partial charge in [-0.05, 0) is 30.7 Å². The average Bonchev–Trinajstić information content (AvgIpc) is 1.66. The molecule has 0 aromatic rings. The third kappa shape index (κ3) is 1.59. The summed E-state index contributed by atoms with van der Waals surface area (Å²) in [4.78, 5) is 0. The Labute approximate surface area is 63.4 Å². The van der Waals surface area contributed by atoms with Crippen LogP contribution in [-0.4, -0.2) is 6.54 Å². The first kappa shape index (κ1) is 9.25. The Morgan fingerprint density at radius 1 is 1.56 bits per heavy atom. The van der Waals surface area contributed by atoms with Crippen molar-refractivity contribution in [2.75, 3.05) is 6.54 Å². The van der Waals surface area contributed by atoms with E-state index in [4.69, 9.17) is 5.73 Å². The zero-order valence-corrected chi connectivity index (χ0v) is 7.00. The maximum absolute atomic E-state index is 5.51. The molecule has 0 aromatic heterocycles. The molecule has 2 N–H and O–H groups in total. The first-order valence-corrected chi connectivity index (χ1v) is 3.37. The minimum atomic E-state index is 0. The van der Waals surface area contributed by atoms with Crippen molar-refractivity contribution in [2.24, 2.45) is 17.1 Å². The molecule has 0 radical (unpaired) electrons. The van der Waals surface area contributed by atoms with E-state index in [-0.39, 0.29) is 12.4 Å². The van der Waals surface area contributed by atoms with Gasteiger partial charge >= 0.3 is 0 Å². The summed E-state index contributed by atoms with van der Waals surface area (Å²) < 4.78 is 0. The lowest BCUT2D eigenvalue weighted by Crippen LogP contribution is -2.39. The predicted molar refractivity (Wildman–Crippen MR) is 42.8 cm³/mol. The van der Waals surface area contributed by atoms with E-state index in [1.54, 1.807) is 0 Å². The van der Waals surface area contributed by atoms with Crippen LogP contribution in [0.1, 0.15) is 26.7 Å². The van der Waals surface area contributed by atoms with E-state index in [0.717, 1.165) is 12.5 Å². The quantitative estimate of drug-likeness (QED) is 0.605. The van der Waals surface area contributed by atoms with Crippen LogP contribution in [-0.2, 0) is 0 Å². The molecule has 1 fully saturated rings. The summed E-state index contributed by atoms with van der Waals surface area (Å²) >= 11 is 0. The van der Waals surface area contributed by atoms with Crippen LogP contribution in [0.3, 0.4) is 0 Å². The smallest absolute Gasteiger partial charge is 0.00438 e. The molecule has 9 heavy (non-hydrogen) atoms. The van der Waals surface area contributed by atoms with E-state index in [1.807, 2.05) is 0 Å². The van der Waals surface area contributed by atoms with Crippen LogP contribution in [0.5, 0.6) is 0 Å². The van der Waals surface area contributed by atoms with Crippen molar-refractivity contribution in [3.05, 3.63) is 0 Å². The van der Waals surface area contributed by atoms with Crippen molar-refractivity contribution >= 4 is 12.4 Å². The second-order valence-electron chi connectivity index (χ2n) is 3.46. The van der Waals surface area contributed by atoms with Gasteiger partial charge in [0.2, 0.25) is 0 Å². The topological polar surface area (TPSA) is 26.0 Å². The maximum atomic E-state index is 5.51. The van der Waals surface area contributed by atoms with E-state index < -0.39 is 0 Å². The van der Waals surface area contributed by atoms with E-state index in [2.05, 4.69) is 13.8 Å². The molecule has 0 heterocycles. The van der Waals surface area contributed by atoms with Crippen molar-refractivity contribution in [2.45, 2.75) is 26.7 Å². The molecule has 2 heteroatoms. The van der Waals surface area contributed by atoms with Crippen LogP contribution >= 0.6 is 12.4 Å². The van der Waals surface area contributed by atoms with E-state index in [9.17, 15) is 0 Å². The van der Waals surface area contributed by atoms with Crippen LogP contribution in [0.2, 0.25) is 0 Å². The number of halogens is 1. The van der Waals surface area contributed by atoms with Gasteiger partial charge in [0, 0.05) is 0 Å². The number of hydrogen-bond donors (Lipinski definition) is 1. The summed E-state index contributed by atoms with van der Waals surface area (Å²) in [5.41, 5.74) is 6.07. The highest BCUT2D eigenvalue weighted by Crippen LogP contribution is 2.44. The molecule has 1 unspecified atom stereocenters. The van der Waals surface area contributed by atoms with Crippen LogP contribution in [0.25, 0.3) is 0 Å². The normalized spacial score (nSPS) is 30.3. The first-order chi connectivity index (χ1) is 3.67. The molecule has 1 rings (SSSR count). The molecule has 1 saturated carbocycles. The largest absolute Gasteiger partial charge is 0.330 e. The fraction of sp³-hybridized carbons (Fsp3) is 1.00. The van der Waals surface area contributed by atoms with Crippen LogP contribution in [0.15, 0.2) is 0 Å². The molecule has 0 saturated heterocycles. The van der Waals surface area contributed by atoms with Crippen molar-refractivity contribution in [3.8, 4) is 0 Å². The summed E-state index contributed by atoms with van der Waals surface area (Å²) in [5, 5.41) is 0. The predicted octanol–water partition coefficient (Wildman–Crippen LogP) is 1.80. The first-order valence-electron chi connectivity index (χ1n) is 3.37. The van der Waals surface area contributed by atoms with Crippen LogP contribution < -0.4 is 5.73 Å². The van der Waals surface area contributed by atoms with Crippen LogP contribution in [0, 0.1) is 11.3 Å². The van der Waals surface area contributed by atoms with Gasteiger partial charge in [-0.25, -0.2) is 0 Å². The Balaban J connectivity index is 0.000000640. The highest BCUT2D eigenvalue weighted by molar-refractivity contribution is 5.85. The Morgan fingerprint density at radius 2 is 2.11 bits per heavy atom. The Hall–Kier alpha value is 0.250. The Bertz CT molecular complexity index is 88.9. The third-order valence-corrected chi connectivity index (χ3v) is 2.53. The SMILES string of the molecule is CC1(C)CCC1CN.Cl. The standard InChI is InChI=1S/C7H15N.ClH/c1-7(2)4-3-6(7)5-8;/h6H,3-5,8H2,1-2H3;1H. The van der Waals surface area contributed by atoms with Gasteiger partial charge in [0.25, 0.3) is 0 Å². The monoisotopic (exact) mass is 149 g/mol. The maximum Gasteiger partial charge on any atom is -0.00438 e. The summed E-state index contributed by atoms with van der Waals surface area (Å²) in [6.45, 7) is 5.48. The molecule has 0 aliphatic heterocycles. The lowest BCUT2D eigenvalue weighted by molar-refractivity contribution is 0.0800. The zero-order valence-electron chi connectivity index (χ0n) is 6.18. The highest BCUT2D eigenvalue weighted by Gasteiger charge is 2.36. The highest BCUT2D eigenvalue weighted by atomic mass is 35.5. The molecule has 1 aliphatic rings. The Morgan fingerprint density at radius 3 is 2.11 bits per heavy atom. The molecular formula is C7H16ClN. The summed E-state index contributed by atoms with van der Waals surface area (Å²) in [5.74, 6) is 0.808. The van der Waals surface area contributed by atoms with Gasteiger partial charge in [-0.2, -0.15) is 0 Å². The van der Waals surface area contributed by atoms with Crippen molar-refractivity contribution in [1.82, 2.24) is 0 Å². The van der Waals surface area contributed by atoms with Gasteiger partial charge in [0.15, 0.2) is 0 Å². The molecule has 56 valence electrons. The third-order valence-electron chi connectivity index (χ3n) is 2.53. The minimum absolute atomic E-state index is 0. The van der Waals surface area contributed by atoms with Gasteiger partial charge in [0.1, 0.15) is 0 Å². The fourth-order valence-corrected chi connectivity index (χ4v) is 1.36. The summed E-state index contributed by atoms with van der Waals surface area (Å²) in [6, 6.07) is 0. The second kappa shape index (κ2) is 2.89. The number of nitrogens with two attached hydrogens (primary N) is 1. The van der Waals surface area contributed by atoms with E-state index in [1.165, 1.54) is 12.8 Å². The van der Waals surface area contributed by atoms with E-state index >= 15 is 0 Å². The molecule has 1 nitrogen and oxygen atoms in total. The van der Waals surface area contributed by atoms with Gasteiger partial charge < -0.3 is 5.73 Å². The fourth-order valence-electron chi connectivity index (χ4n) is 1.36. The van der Waals surface area contributed by atoms with E-state index in [0.29, 0.717) is 5.41 Å². The minimum Gasteiger partial charge on any atom is -0.330 e. The zero-order chi connectivity index (χ0) is 6.20. The number of hydrogen-bond acceptors (Lipinski definition) is 1. The van der Waals surface area contributed by atoms with Crippen LogP contribution in [0.4, 0.5) is 0 Å². The molecule has 0 spiro atoms. The second-order valence-corrected chi connectivity index (χ2v) is 3.46. The van der Waals surface area contributed by atoms with Gasteiger partial charge in [-0.15, -0.1) is 12.4 Å². The molecule has 1 atom stereocenters. The number of rotatable bonds is 1. The van der Waals surface area contributed by atoms with Crippen molar-refractivity contribution in [3.63, 3.8) is 0 Å². The summed E-state index contributed by atoms with van der Waals surface area (Å²) in [7, 11) is 0. The lowest BCUT2D eigenvalue weighted by atomic mass is 9.63. The molecular weight excluding hydrogens is 134 g/mol. The van der Waals surface area contributed by atoms with Crippen molar-refractivity contribution < 1.29 is 0 Å². The van der Waals surface area contributed by atoms with Gasteiger partial charge in [0.05, 0.1) is 0 Å². The molecule has 0 amide bonds. The summed E-state index contributed by atoms with van der Waals surface area (Å²) in [6.07, 6.45) is 2.72. The molecule has 1 aliphatic carbocycles. The lowest BCUT2D eigenvalue weighted by Gasteiger charge is -2.43. The van der Waals surface area contributed by atoms with Gasteiger partial charge in [-0.1, -0.05) is 13.8 Å². The Kier molecular flexibility index (Phi) is 2.97. The molecule has 0 bridgehead atoms. The molecule has 0 aromatic carbocycles.